The Morgan fingerprint density at radius 3 is 1.77 bits per heavy atom. The zero-order valence-corrected chi connectivity index (χ0v) is 30.3. The molecular weight excluding hydrogens is 584 g/mol. The Labute approximate surface area is 283 Å². The molecule has 0 amide bonds. The molecular formula is C41H58N2O4. The quantitative estimate of drug-likeness (QED) is 0.142. The van der Waals surface area contributed by atoms with Crippen molar-refractivity contribution in [2.45, 2.75) is 148 Å². The number of phenolic OH excluding ortho intramolecular Hbond substituents is 2. The van der Waals surface area contributed by atoms with Gasteiger partial charge in [0.1, 0.15) is 17.2 Å². The summed E-state index contributed by atoms with van der Waals surface area (Å²) < 4.78 is 5.98. The third-order valence-corrected chi connectivity index (χ3v) is 9.56. The van der Waals surface area contributed by atoms with Gasteiger partial charge in [-0.2, -0.15) is 0 Å². The molecule has 2 aromatic carbocycles. The standard InChI is InChI=1S/C41H58N2O4/c1-39(2,3)30-21-28(36(44)32(23-30)40(4,5)6)25-42-34-19-15-16-20-35(34)43-26-29-22-31(24-33(37(29)45)41(7,8)9)47-38(46)27-17-13-11-10-12-14-18-27/h10-11,21-27,34-35,44-45H,12-20H2,1-9H3/b11-10-,42-25?,43-26?/t27?,34-,35-/m1/s1. The maximum absolute atomic E-state index is 13.2. The Morgan fingerprint density at radius 2 is 1.21 bits per heavy atom. The molecule has 1 saturated carbocycles. The first-order chi connectivity index (χ1) is 21.9. The van der Waals surface area contributed by atoms with Crippen LogP contribution >= 0.6 is 0 Å². The zero-order valence-electron chi connectivity index (χ0n) is 30.3. The van der Waals surface area contributed by atoms with Crippen LogP contribution in [0.25, 0.3) is 0 Å². The summed E-state index contributed by atoms with van der Waals surface area (Å²) >= 11 is 0. The lowest BCUT2D eigenvalue weighted by Crippen LogP contribution is -2.27. The lowest BCUT2D eigenvalue weighted by atomic mass is 9.79. The molecule has 2 N–H and O–H groups in total. The average molecular weight is 643 g/mol. The van der Waals surface area contributed by atoms with E-state index in [-0.39, 0.29) is 51.7 Å². The predicted octanol–water partition coefficient (Wildman–Crippen LogP) is 9.88. The van der Waals surface area contributed by atoms with Crippen LogP contribution in [0.4, 0.5) is 0 Å². The number of esters is 1. The molecule has 0 radical (unpaired) electrons. The van der Waals surface area contributed by atoms with Gasteiger partial charge in [-0.1, -0.05) is 93.4 Å². The van der Waals surface area contributed by atoms with Crippen LogP contribution in [-0.4, -0.2) is 40.7 Å². The van der Waals surface area contributed by atoms with Gasteiger partial charge >= 0.3 is 5.97 Å². The summed E-state index contributed by atoms with van der Waals surface area (Å²) in [4.78, 5) is 23.2. The van der Waals surface area contributed by atoms with Crippen molar-refractivity contribution in [3.05, 3.63) is 64.2 Å². The summed E-state index contributed by atoms with van der Waals surface area (Å²) in [5, 5.41) is 22.7. The number of nitrogens with zero attached hydrogens (tertiary/aromatic N) is 2. The molecule has 2 aromatic rings. The molecule has 0 saturated heterocycles. The molecule has 6 nitrogen and oxygen atoms in total. The van der Waals surface area contributed by atoms with Crippen molar-refractivity contribution in [1.29, 1.82) is 0 Å². The van der Waals surface area contributed by atoms with Gasteiger partial charge in [0.2, 0.25) is 0 Å². The molecule has 1 fully saturated rings. The third kappa shape index (κ3) is 9.58. The van der Waals surface area contributed by atoms with Gasteiger partial charge in [0, 0.05) is 34.7 Å². The average Bonchev–Trinajstić information content (AvgIpc) is 2.95. The van der Waals surface area contributed by atoms with E-state index in [0.29, 0.717) is 16.9 Å². The van der Waals surface area contributed by atoms with E-state index < -0.39 is 0 Å². The van der Waals surface area contributed by atoms with Crippen molar-refractivity contribution in [1.82, 2.24) is 0 Å². The van der Waals surface area contributed by atoms with Crippen LogP contribution in [-0.2, 0) is 21.0 Å². The van der Waals surface area contributed by atoms with E-state index in [2.05, 4.69) is 65.8 Å². The SMILES string of the molecule is CC(C)(C)c1cc(C=N[C@@H]2CCCC[C@H]2N=Cc2cc(OC(=O)C3CC/C=C\CCC3)cc(C(C)(C)C)c2O)c(O)c(C(C)(C)C)c1. The molecule has 4 rings (SSSR count). The van der Waals surface area contributed by atoms with Gasteiger partial charge in [0.05, 0.1) is 18.0 Å². The Balaban J connectivity index is 1.63. The number of allylic oxidation sites excluding steroid dienone is 2. The summed E-state index contributed by atoms with van der Waals surface area (Å²) in [5.74, 6) is 0.550. The van der Waals surface area contributed by atoms with Crippen LogP contribution in [0.3, 0.4) is 0 Å². The first-order valence-corrected chi connectivity index (χ1v) is 17.6. The highest BCUT2D eigenvalue weighted by atomic mass is 16.5. The fraction of sp³-hybridized carbons (Fsp3) is 0.585. The van der Waals surface area contributed by atoms with E-state index in [1.807, 2.05) is 27.0 Å². The lowest BCUT2D eigenvalue weighted by molar-refractivity contribution is -0.139. The van der Waals surface area contributed by atoms with Gasteiger partial charge < -0.3 is 14.9 Å². The van der Waals surface area contributed by atoms with Crippen molar-refractivity contribution in [3.63, 3.8) is 0 Å². The highest BCUT2D eigenvalue weighted by Gasteiger charge is 2.28. The van der Waals surface area contributed by atoms with Gasteiger partial charge in [-0.15, -0.1) is 0 Å². The van der Waals surface area contributed by atoms with Crippen LogP contribution in [0, 0.1) is 5.92 Å². The number of carbonyl (C=O) groups is 1. The summed E-state index contributed by atoms with van der Waals surface area (Å²) in [6.45, 7) is 19.0. The van der Waals surface area contributed by atoms with Gasteiger partial charge in [-0.25, -0.2) is 0 Å². The molecule has 0 spiro atoms. The number of phenols is 2. The minimum absolute atomic E-state index is 0.0469. The van der Waals surface area contributed by atoms with E-state index in [9.17, 15) is 15.0 Å². The number of hydrogen-bond acceptors (Lipinski definition) is 6. The fourth-order valence-corrected chi connectivity index (χ4v) is 6.50. The summed E-state index contributed by atoms with van der Waals surface area (Å²) in [5.41, 5.74) is 3.42. The first kappa shape index (κ1) is 36.4. The monoisotopic (exact) mass is 642 g/mol. The minimum atomic E-state index is -0.368. The molecule has 0 bridgehead atoms. The van der Waals surface area contributed by atoms with Crippen LogP contribution in [0.1, 0.15) is 148 Å². The van der Waals surface area contributed by atoms with Crippen LogP contribution in [0.15, 0.2) is 46.4 Å². The van der Waals surface area contributed by atoms with Gasteiger partial charge in [0.25, 0.3) is 0 Å². The predicted molar refractivity (Wildman–Crippen MR) is 195 cm³/mol. The van der Waals surface area contributed by atoms with E-state index in [4.69, 9.17) is 14.7 Å². The topological polar surface area (TPSA) is 91.5 Å². The minimum Gasteiger partial charge on any atom is -0.507 e. The van der Waals surface area contributed by atoms with Crippen molar-refractivity contribution in [3.8, 4) is 17.2 Å². The normalized spacial score (nSPS) is 22.3. The van der Waals surface area contributed by atoms with E-state index in [0.717, 1.165) is 74.5 Å². The van der Waals surface area contributed by atoms with E-state index in [1.54, 1.807) is 18.3 Å². The van der Waals surface area contributed by atoms with Crippen LogP contribution < -0.4 is 4.74 Å². The summed E-state index contributed by atoms with van der Waals surface area (Å²) in [6.07, 6.45) is 16.3. The van der Waals surface area contributed by atoms with Gasteiger partial charge in [0.15, 0.2) is 0 Å². The van der Waals surface area contributed by atoms with Gasteiger partial charge in [-0.05, 0) is 85.0 Å². The third-order valence-electron chi connectivity index (χ3n) is 9.56. The Kier molecular flexibility index (Phi) is 11.5. The second kappa shape index (κ2) is 14.8. The van der Waals surface area contributed by atoms with Crippen molar-refractivity contribution < 1.29 is 19.7 Å². The molecule has 256 valence electrons. The molecule has 3 atom stereocenters. The summed E-state index contributed by atoms with van der Waals surface area (Å²) in [6, 6.07) is 7.60. The Morgan fingerprint density at radius 1 is 0.681 bits per heavy atom. The molecule has 2 aliphatic rings. The molecule has 47 heavy (non-hydrogen) atoms. The fourth-order valence-electron chi connectivity index (χ4n) is 6.50. The molecule has 0 heterocycles. The Bertz CT molecular complexity index is 1500. The summed E-state index contributed by atoms with van der Waals surface area (Å²) in [7, 11) is 0. The second-order valence-electron chi connectivity index (χ2n) is 16.7. The smallest absolute Gasteiger partial charge is 0.314 e. The second-order valence-corrected chi connectivity index (χ2v) is 16.7. The molecule has 6 heteroatoms. The lowest BCUT2D eigenvalue weighted by Gasteiger charge is -2.28. The number of hydrogen-bond donors (Lipinski definition) is 2. The maximum atomic E-state index is 13.2. The highest BCUT2D eigenvalue weighted by molar-refractivity contribution is 5.87. The number of rotatable bonds is 6. The van der Waals surface area contributed by atoms with Crippen molar-refractivity contribution in [2.24, 2.45) is 15.9 Å². The molecule has 1 unspecified atom stereocenters. The maximum Gasteiger partial charge on any atom is 0.314 e. The largest absolute Gasteiger partial charge is 0.507 e. The zero-order chi connectivity index (χ0) is 34.6. The van der Waals surface area contributed by atoms with Gasteiger partial charge in [-0.3, -0.25) is 14.8 Å². The van der Waals surface area contributed by atoms with Crippen LogP contribution in [0.5, 0.6) is 17.2 Å². The number of benzene rings is 2. The number of aromatic hydroxyl groups is 2. The number of ether oxygens (including phenoxy) is 1. The molecule has 2 aliphatic carbocycles. The van der Waals surface area contributed by atoms with Crippen molar-refractivity contribution >= 4 is 18.4 Å². The molecule has 0 aromatic heterocycles. The van der Waals surface area contributed by atoms with E-state index >= 15 is 0 Å². The molecule has 0 aliphatic heterocycles. The Hall–Kier alpha value is -3.41. The van der Waals surface area contributed by atoms with Crippen molar-refractivity contribution in [2.75, 3.05) is 0 Å². The number of aliphatic imine (C=N–C) groups is 2. The number of carbonyl (C=O) groups excluding carboxylic acids is 1. The van der Waals surface area contributed by atoms with E-state index in [1.165, 1.54) is 0 Å². The first-order valence-electron chi connectivity index (χ1n) is 17.6. The highest BCUT2D eigenvalue weighted by Crippen LogP contribution is 2.39. The van der Waals surface area contributed by atoms with Crippen LogP contribution in [0.2, 0.25) is 0 Å².